The van der Waals surface area contributed by atoms with Gasteiger partial charge in [0.1, 0.15) is 25.8 Å². The molecule has 1 unspecified atom stereocenters. The lowest BCUT2D eigenvalue weighted by Gasteiger charge is -2.31. The van der Waals surface area contributed by atoms with Crippen molar-refractivity contribution >= 4 is 30.2 Å². The monoisotopic (exact) mass is 497 g/mol. The third-order valence-corrected chi connectivity index (χ3v) is 6.92. The molecule has 8 nitrogen and oxygen atoms in total. The summed E-state index contributed by atoms with van der Waals surface area (Å²) < 4.78 is 37.5. The van der Waals surface area contributed by atoms with Crippen molar-refractivity contribution in [3.8, 4) is 11.5 Å². The number of benzene rings is 1. The van der Waals surface area contributed by atoms with E-state index >= 15 is 0 Å². The number of esters is 1. The number of amides is 1. The van der Waals surface area contributed by atoms with Gasteiger partial charge in [-0.15, -0.1) is 5.54 Å². The van der Waals surface area contributed by atoms with Gasteiger partial charge in [0.15, 0.2) is 0 Å². The van der Waals surface area contributed by atoms with Gasteiger partial charge in [-0.25, -0.2) is 18.0 Å². The predicted octanol–water partition coefficient (Wildman–Crippen LogP) is 3.48. The van der Waals surface area contributed by atoms with Crippen molar-refractivity contribution in [2.75, 3.05) is 7.11 Å². The zero-order chi connectivity index (χ0) is 25.6. The molecule has 0 radical (unpaired) electrons. The van der Waals surface area contributed by atoms with Crippen molar-refractivity contribution in [2.24, 2.45) is 0 Å². The molecule has 0 aliphatic carbocycles. The highest BCUT2D eigenvalue weighted by Gasteiger charge is 2.42. The molecule has 0 spiro atoms. The van der Waals surface area contributed by atoms with Crippen molar-refractivity contribution in [1.82, 2.24) is 4.31 Å². The van der Waals surface area contributed by atoms with E-state index in [0.717, 1.165) is 12.7 Å². The standard InChI is InChI=1S/C23H35NO7SSi/c1-17-9-12-19(13-10-17)32(28,29)24(22(27)31-23(2,3)4)20(21(26)30-5)14-11-18(25)15-16-33(6,7)8/h9-10,12-13,18,20,25H,11,14H2,1-8H3/t18?,20-/m0/s1. The third-order valence-electron chi connectivity index (χ3n) is 4.23. The first-order chi connectivity index (χ1) is 15.0. The average Bonchev–Trinajstić information content (AvgIpc) is 2.66. The van der Waals surface area contributed by atoms with E-state index in [1.54, 1.807) is 39.8 Å². The number of rotatable bonds is 7. The molecule has 10 heteroatoms. The summed E-state index contributed by atoms with van der Waals surface area (Å²) in [6.45, 7) is 12.6. The lowest BCUT2D eigenvalue weighted by Crippen LogP contribution is -2.50. The van der Waals surface area contributed by atoms with Crippen LogP contribution in [0.5, 0.6) is 0 Å². The fraction of sp³-hybridized carbons (Fsp3) is 0.565. The molecule has 0 aromatic heterocycles. The van der Waals surface area contributed by atoms with Crippen LogP contribution in [-0.2, 0) is 24.3 Å². The Morgan fingerprint density at radius 3 is 2.12 bits per heavy atom. The van der Waals surface area contributed by atoms with E-state index in [4.69, 9.17) is 9.47 Å². The van der Waals surface area contributed by atoms with Gasteiger partial charge < -0.3 is 14.6 Å². The van der Waals surface area contributed by atoms with Crippen LogP contribution in [0.25, 0.3) is 0 Å². The van der Waals surface area contributed by atoms with Gasteiger partial charge in [-0.3, -0.25) is 0 Å². The van der Waals surface area contributed by atoms with Gasteiger partial charge in [-0.1, -0.05) is 43.3 Å². The van der Waals surface area contributed by atoms with Crippen LogP contribution in [0.3, 0.4) is 0 Å². The fourth-order valence-corrected chi connectivity index (χ4v) is 4.74. The lowest BCUT2D eigenvalue weighted by atomic mass is 10.1. The SMILES string of the molecule is COC(=O)[C@H](CCC(O)C#C[Si](C)(C)C)N(C(=O)OC(C)(C)C)S(=O)(=O)c1ccc(C)cc1. The van der Waals surface area contributed by atoms with E-state index in [2.05, 4.69) is 11.5 Å². The number of aryl methyl sites for hydroxylation is 1. The summed E-state index contributed by atoms with van der Waals surface area (Å²) in [6.07, 6.45) is -2.54. The first kappa shape index (κ1) is 28.7. The van der Waals surface area contributed by atoms with Gasteiger partial charge in [-0.05, 0) is 52.7 Å². The van der Waals surface area contributed by atoms with Crippen LogP contribution in [0.2, 0.25) is 19.6 Å². The van der Waals surface area contributed by atoms with Crippen molar-refractivity contribution < 1.29 is 32.6 Å². The Hall–Kier alpha value is -2.35. The largest absolute Gasteiger partial charge is 0.467 e. The maximum absolute atomic E-state index is 13.5. The normalized spacial score (nSPS) is 13.8. The van der Waals surface area contributed by atoms with Gasteiger partial charge in [0, 0.05) is 0 Å². The van der Waals surface area contributed by atoms with Crippen LogP contribution in [0.1, 0.15) is 39.2 Å². The number of aliphatic hydroxyl groups is 1. The third kappa shape index (κ3) is 9.19. The molecule has 184 valence electrons. The Morgan fingerprint density at radius 1 is 1.12 bits per heavy atom. The molecule has 2 atom stereocenters. The Balaban J connectivity index is 3.45. The minimum atomic E-state index is -4.48. The van der Waals surface area contributed by atoms with E-state index in [9.17, 15) is 23.1 Å². The molecule has 1 rings (SSSR count). The molecule has 1 aromatic carbocycles. The number of hydrogen-bond acceptors (Lipinski definition) is 7. The van der Waals surface area contributed by atoms with Crippen LogP contribution in [0, 0.1) is 18.4 Å². The first-order valence-electron chi connectivity index (χ1n) is 10.6. The van der Waals surface area contributed by atoms with E-state index in [1.165, 1.54) is 12.1 Å². The number of carbonyl (C=O) groups excluding carboxylic acids is 2. The summed E-state index contributed by atoms with van der Waals surface area (Å²) in [6, 6.07) is 4.33. The molecule has 0 heterocycles. The minimum absolute atomic E-state index is 0.0417. The molecule has 1 aromatic rings. The highest BCUT2D eigenvalue weighted by molar-refractivity contribution is 7.89. The molecule has 0 saturated heterocycles. The zero-order valence-corrected chi connectivity index (χ0v) is 22.4. The average molecular weight is 498 g/mol. The lowest BCUT2D eigenvalue weighted by molar-refractivity contribution is -0.145. The van der Waals surface area contributed by atoms with Crippen LogP contribution >= 0.6 is 0 Å². The molecule has 0 saturated carbocycles. The molecule has 0 aliphatic rings. The molecule has 0 fully saturated rings. The van der Waals surface area contributed by atoms with Gasteiger partial charge in [-0.2, -0.15) is 4.31 Å². The van der Waals surface area contributed by atoms with Crippen molar-refractivity contribution in [3.63, 3.8) is 0 Å². The smallest absolute Gasteiger partial charge is 0.425 e. The Morgan fingerprint density at radius 2 is 1.67 bits per heavy atom. The van der Waals surface area contributed by atoms with E-state index < -0.39 is 47.9 Å². The molecule has 1 N–H and O–H groups in total. The van der Waals surface area contributed by atoms with Gasteiger partial charge in [0.05, 0.1) is 12.0 Å². The summed E-state index contributed by atoms with van der Waals surface area (Å²) >= 11 is 0. The maximum atomic E-state index is 13.5. The van der Waals surface area contributed by atoms with Crippen LogP contribution in [0.15, 0.2) is 29.2 Å². The van der Waals surface area contributed by atoms with E-state index in [-0.39, 0.29) is 17.7 Å². The van der Waals surface area contributed by atoms with Gasteiger partial charge in [0.2, 0.25) is 0 Å². The highest BCUT2D eigenvalue weighted by Crippen LogP contribution is 2.25. The molecule has 33 heavy (non-hydrogen) atoms. The quantitative estimate of drug-likeness (QED) is 0.349. The second kappa shape index (κ2) is 11.2. The number of aliphatic hydroxyl groups excluding tert-OH is 1. The topological polar surface area (TPSA) is 110 Å². The Labute approximate surface area is 198 Å². The van der Waals surface area contributed by atoms with Crippen LogP contribution in [0.4, 0.5) is 4.79 Å². The highest BCUT2D eigenvalue weighted by atomic mass is 32.2. The van der Waals surface area contributed by atoms with Crippen molar-refractivity contribution in [1.29, 1.82) is 0 Å². The molecule has 0 bridgehead atoms. The number of ether oxygens (including phenoxy) is 2. The van der Waals surface area contributed by atoms with Crippen LogP contribution in [-0.4, -0.2) is 62.8 Å². The summed E-state index contributed by atoms with van der Waals surface area (Å²) in [4.78, 5) is 25.5. The van der Waals surface area contributed by atoms with Crippen molar-refractivity contribution in [2.45, 2.75) is 82.8 Å². The van der Waals surface area contributed by atoms with E-state index in [1.807, 2.05) is 19.6 Å². The van der Waals surface area contributed by atoms with Gasteiger partial charge >= 0.3 is 12.1 Å². The number of methoxy groups -OCH3 is 1. The van der Waals surface area contributed by atoms with Crippen LogP contribution < -0.4 is 0 Å². The summed E-state index contributed by atoms with van der Waals surface area (Å²) in [5, 5.41) is 10.3. The first-order valence-corrected chi connectivity index (χ1v) is 15.5. The fourth-order valence-electron chi connectivity index (χ4n) is 2.68. The zero-order valence-electron chi connectivity index (χ0n) is 20.6. The second-order valence-corrected chi connectivity index (χ2v) is 16.3. The predicted molar refractivity (Wildman–Crippen MR) is 129 cm³/mol. The molecule has 1 amide bonds. The summed E-state index contributed by atoms with van der Waals surface area (Å²) in [5.74, 6) is 1.81. The molecular weight excluding hydrogens is 462 g/mol. The van der Waals surface area contributed by atoms with Crippen molar-refractivity contribution in [3.05, 3.63) is 29.8 Å². The maximum Gasteiger partial charge on any atom is 0.425 e. The summed E-state index contributed by atoms with van der Waals surface area (Å²) in [7, 11) is -5.12. The number of sulfonamides is 1. The molecular formula is C23H35NO7SSi. The minimum Gasteiger partial charge on any atom is -0.467 e. The summed E-state index contributed by atoms with van der Waals surface area (Å²) in [5.41, 5.74) is 2.84. The number of nitrogens with zero attached hydrogens (tertiary/aromatic N) is 1. The number of hydrogen-bond donors (Lipinski definition) is 1. The Bertz CT molecular complexity index is 996. The number of carbonyl (C=O) groups is 2. The Kier molecular flexibility index (Phi) is 9.72. The van der Waals surface area contributed by atoms with E-state index in [0.29, 0.717) is 4.31 Å². The van der Waals surface area contributed by atoms with Gasteiger partial charge in [0.25, 0.3) is 10.0 Å². The second-order valence-electron chi connectivity index (χ2n) is 9.75. The molecule has 0 aliphatic heterocycles.